The summed E-state index contributed by atoms with van der Waals surface area (Å²) in [6.45, 7) is 5.87. The van der Waals surface area contributed by atoms with Gasteiger partial charge in [-0.25, -0.2) is 4.90 Å². The van der Waals surface area contributed by atoms with Crippen LogP contribution in [0.4, 0.5) is 11.4 Å². The fourth-order valence-electron chi connectivity index (χ4n) is 2.93. The van der Waals surface area contributed by atoms with Crippen molar-refractivity contribution in [1.82, 2.24) is 0 Å². The highest BCUT2D eigenvalue weighted by atomic mass is 35.5. The summed E-state index contributed by atoms with van der Waals surface area (Å²) < 4.78 is 0. The number of amides is 2. The first kappa shape index (κ1) is 18.1. The molecule has 0 saturated carbocycles. The molecule has 0 atom stereocenters. The Bertz CT molecular complexity index is 862. The predicted molar refractivity (Wildman–Crippen MR) is 103 cm³/mol. The number of hydrogen-bond acceptors (Lipinski definition) is 3. The van der Waals surface area contributed by atoms with Gasteiger partial charge < -0.3 is 4.90 Å². The molecule has 0 bridgehead atoms. The molecule has 25 heavy (non-hydrogen) atoms. The molecule has 2 amide bonds. The van der Waals surface area contributed by atoms with Crippen LogP contribution < -0.4 is 9.80 Å². The van der Waals surface area contributed by atoms with Crippen LogP contribution in [0, 0.1) is 0 Å². The van der Waals surface area contributed by atoms with Crippen LogP contribution >= 0.6 is 34.8 Å². The molecule has 4 nitrogen and oxygen atoms in total. The highest BCUT2D eigenvalue weighted by Gasteiger charge is 2.39. The number of carbonyl (C=O) groups is 2. The SMILES string of the molecule is CCN(CC)c1ccc(N2C(=O)c3cc(Cl)c(Cl)c(Cl)c3C2=O)cc1. The largest absolute Gasteiger partial charge is 0.372 e. The third kappa shape index (κ3) is 2.88. The number of rotatable bonds is 4. The van der Waals surface area contributed by atoms with Crippen LogP contribution in [0.5, 0.6) is 0 Å². The normalized spacial score (nSPS) is 13.4. The maximum absolute atomic E-state index is 12.7. The third-order valence-corrected chi connectivity index (χ3v) is 5.51. The van der Waals surface area contributed by atoms with E-state index in [4.69, 9.17) is 34.8 Å². The number of anilines is 2. The minimum absolute atomic E-state index is 0.00442. The van der Waals surface area contributed by atoms with Crippen molar-refractivity contribution in [3.8, 4) is 0 Å². The molecule has 0 unspecified atom stereocenters. The Morgan fingerprint density at radius 2 is 1.52 bits per heavy atom. The number of benzene rings is 2. The Morgan fingerprint density at radius 3 is 2.08 bits per heavy atom. The van der Waals surface area contributed by atoms with Crippen molar-refractivity contribution < 1.29 is 9.59 Å². The van der Waals surface area contributed by atoms with Crippen molar-refractivity contribution in [2.75, 3.05) is 22.9 Å². The lowest BCUT2D eigenvalue weighted by atomic mass is 10.1. The molecule has 1 aliphatic heterocycles. The summed E-state index contributed by atoms with van der Waals surface area (Å²) in [6, 6.07) is 8.63. The quantitative estimate of drug-likeness (QED) is 0.519. The van der Waals surface area contributed by atoms with E-state index in [0.717, 1.165) is 23.7 Å². The maximum Gasteiger partial charge on any atom is 0.267 e. The molecule has 0 spiro atoms. The lowest BCUT2D eigenvalue weighted by Gasteiger charge is -2.22. The zero-order valence-electron chi connectivity index (χ0n) is 13.6. The number of hydrogen-bond donors (Lipinski definition) is 0. The lowest BCUT2D eigenvalue weighted by molar-refractivity contribution is 0.0926. The molecule has 2 aromatic rings. The standard InChI is InChI=1S/C18H15Cl3N2O2/c1-3-22(4-2)10-5-7-11(8-6-10)23-17(24)12-9-13(19)15(20)16(21)14(12)18(23)25/h5-9H,3-4H2,1-2H3. The molecule has 1 heterocycles. The fraction of sp³-hybridized carbons (Fsp3) is 0.222. The summed E-state index contributed by atoms with van der Waals surface area (Å²) >= 11 is 18.1. The van der Waals surface area contributed by atoms with Gasteiger partial charge in [0.1, 0.15) is 0 Å². The molecule has 0 radical (unpaired) electrons. The van der Waals surface area contributed by atoms with E-state index >= 15 is 0 Å². The lowest BCUT2D eigenvalue weighted by Crippen LogP contribution is -2.29. The Labute approximate surface area is 160 Å². The second kappa shape index (κ2) is 6.87. The van der Waals surface area contributed by atoms with Gasteiger partial charge in [0.2, 0.25) is 0 Å². The number of halogens is 3. The van der Waals surface area contributed by atoms with Gasteiger partial charge in [0.15, 0.2) is 0 Å². The van der Waals surface area contributed by atoms with E-state index in [1.165, 1.54) is 6.07 Å². The van der Waals surface area contributed by atoms with Crippen molar-refractivity contribution in [3.63, 3.8) is 0 Å². The molecule has 2 aromatic carbocycles. The highest BCUT2D eigenvalue weighted by molar-refractivity contribution is 6.51. The highest BCUT2D eigenvalue weighted by Crippen LogP contribution is 2.40. The van der Waals surface area contributed by atoms with E-state index < -0.39 is 11.8 Å². The maximum atomic E-state index is 12.7. The van der Waals surface area contributed by atoms with Crippen LogP contribution in [0.1, 0.15) is 34.6 Å². The first-order chi connectivity index (χ1) is 11.9. The molecule has 1 aliphatic rings. The van der Waals surface area contributed by atoms with Crippen LogP contribution in [0.2, 0.25) is 15.1 Å². The zero-order valence-corrected chi connectivity index (χ0v) is 15.9. The van der Waals surface area contributed by atoms with Crippen molar-refractivity contribution in [1.29, 1.82) is 0 Å². The van der Waals surface area contributed by atoms with E-state index in [-0.39, 0.29) is 26.2 Å². The first-order valence-corrected chi connectivity index (χ1v) is 8.95. The van der Waals surface area contributed by atoms with Crippen LogP contribution in [-0.4, -0.2) is 24.9 Å². The van der Waals surface area contributed by atoms with E-state index in [1.807, 2.05) is 12.1 Å². The van der Waals surface area contributed by atoms with Gasteiger partial charge in [-0.2, -0.15) is 0 Å². The van der Waals surface area contributed by atoms with Gasteiger partial charge in [-0.15, -0.1) is 0 Å². The summed E-state index contributed by atoms with van der Waals surface area (Å²) in [5.41, 5.74) is 1.76. The molecule has 3 rings (SSSR count). The molecular weight excluding hydrogens is 383 g/mol. The molecule has 0 fully saturated rings. The Balaban J connectivity index is 2.01. The van der Waals surface area contributed by atoms with E-state index in [1.54, 1.807) is 12.1 Å². The van der Waals surface area contributed by atoms with Gasteiger partial charge in [-0.1, -0.05) is 34.8 Å². The van der Waals surface area contributed by atoms with Gasteiger partial charge in [0.25, 0.3) is 11.8 Å². The summed E-state index contributed by atoms with van der Waals surface area (Å²) in [7, 11) is 0. The molecule has 0 aliphatic carbocycles. The summed E-state index contributed by atoms with van der Waals surface area (Å²) in [4.78, 5) is 28.7. The molecular formula is C18H15Cl3N2O2. The van der Waals surface area contributed by atoms with Gasteiger partial charge in [0.05, 0.1) is 31.9 Å². The van der Waals surface area contributed by atoms with Crippen LogP contribution in [-0.2, 0) is 0 Å². The summed E-state index contributed by atoms with van der Waals surface area (Å²) in [6.07, 6.45) is 0. The molecule has 0 N–H and O–H groups in total. The van der Waals surface area contributed by atoms with Gasteiger partial charge >= 0.3 is 0 Å². The number of fused-ring (bicyclic) bond motifs is 1. The zero-order chi connectivity index (χ0) is 18.3. The first-order valence-electron chi connectivity index (χ1n) is 7.82. The Morgan fingerprint density at radius 1 is 0.920 bits per heavy atom. The van der Waals surface area contributed by atoms with Gasteiger partial charge in [-0.3, -0.25) is 9.59 Å². The topological polar surface area (TPSA) is 40.6 Å². The molecule has 7 heteroatoms. The second-order valence-corrected chi connectivity index (χ2v) is 6.71. The number of imide groups is 1. The Kier molecular flexibility index (Phi) is 4.96. The third-order valence-electron chi connectivity index (χ3n) is 4.25. The summed E-state index contributed by atoms with van der Waals surface area (Å²) in [5.74, 6) is -0.963. The van der Waals surface area contributed by atoms with Crippen LogP contribution in [0.15, 0.2) is 30.3 Å². The number of carbonyl (C=O) groups excluding carboxylic acids is 2. The Hall–Kier alpha value is -1.75. The van der Waals surface area contributed by atoms with E-state index in [0.29, 0.717) is 5.69 Å². The van der Waals surface area contributed by atoms with Gasteiger partial charge in [-0.05, 0) is 44.2 Å². The average molecular weight is 398 g/mol. The minimum atomic E-state index is -0.501. The smallest absolute Gasteiger partial charge is 0.267 e. The van der Waals surface area contributed by atoms with E-state index in [9.17, 15) is 9.59 Å². The predicted octanol–water partition coefficient (Wildman–Crippen LogP) is 5.29. The van der Waals surface area contributed by atoms with Crippen molar-refractivity contribution in [2.45, 2.75) is 13.8 Å². The van der Waals surface area contributed by atoms with Gasteiger partial charge in [0, 0.05) is 18.8 Å². The summed E-state index contributed by atoms with van der Waals surface area (Å²) in [5, 5.41) is 0.219. The van der Waals surface area contributed by atoms with Crippen molar-refractivity contribution in [2.24, 2.45) is 0 Å². The van der Waals surface area contributed by atoms with Crippen LogP contribution in [0.3, 0.4) is 0 Å². The second-order valence-electron chi connectivity index (χ2n) is 5.54. The van der Waals surface area contributed by atoms with E-state index in [2.05, 4.69) is 18.7 Å². The minimum Gasteiger partial charge on any atom is -0.372 e. The van der Waals surface area contributed by atoms with Crippen molar-refractivity contribution in [3.05, 3.63) is 56.5 Å². The molecule has 0 saturated heterocycles. The van der Waals surface area contributed by atoms with Crippen LogP contribution in [0.25, 0.3) is 0 Å². The molecule has 0 aromatic heterocycles. The fourth-order valence-corrected chi connectivity index (χ4v) is 3.62. The van der Waals surface area contributed by atoms with Crippen molar-refractivity contribution >= 4 is 58.0 Å². The number of nitrogens with zero attached hydrogens (tertiary/aromatic N) is 2. The monoisotopic (exact) mass is 396 g/mol. The molecule has 130 valence electrons. The average Bonchev–Trinajstić information content (AvgIpc) is 2.85.